The molecule has 0 atom stereocenters. The molecular weight excluding hydrogens is 490 g/mol. The molecule has 3 aromatic rings. The molecule has 0 aliphatic carbocycles. The van der Waals surface area contributed by atoms with Crippen molar-refractivity contribution in [2.45, 2.75) is 51.0 Å². The summed E-state index contributed by atoms with van der Waals surface area (Å²) in [5.74, 6) is -0.631. The zero-order valence-electron chi connectivity index (χ0n) is 20.0. The number of hydrogen-bond donors (Lipinski definition) is 1. The third kappa shape index (κ3) is 8.18. The van der Waals surface area contributed by atoms with E-state index in [4.69, 9.17) is 27.9 Å². The summed E-state index contributed by atoms with van der Waals surface area (Å²) >= 11 is 12.2. The second kappa shape index (κ2) is 12.8. The average molecular weight is 517 g/mol. The van der Waals surface area contributed by atoms with Crippen molar-refractivity contribution in [2.24, 2.45) is 0 Å². The van der Waals surface area contributed by atoms with E-state index in [9.17, 15) is 13.2 Å². The summed E-state index contributed by atoms with van der Waals surface area (Å²) in [6, 6.07) is 10.6. The first kappa shape index (κ1) is 30.3. The van der Waals surface area contributed by atoms with E-state index in [-0.39, 0.29) is 40.2 Å². The Bertz CT molecular complexity index is 1240. The number of fused-ring (bicyclic) bond motifs is 1. The van der Waals surface area contributed by atoms with Gasteiger partial charge in [-0.25, -0.2) is 18.2 Å². The van der Waals surface area contributed by atoms with Gasteiger partial charge < -0.3 is 11.7 Å². The van der Waals surface area contributed by atoms with Gasteiger partial charge in [-0.3, -0.25) is 4.72 Å². The number of halogens is 2. The van der Waals surface area contributed by atoms with E-state index >= 15 is 0 Å². The Hall–Kier alpha value is -1.75. The van der Waals surface area contributed by atoms with E-state index in [1.807, 2.05) is 0 Å². The Balaban J connectivity index is 0.00000107. The molecule has 34 heavy (non-hydrogen) atoms. The van der Waals surface area contributed by atoms with Crippen LogP contribution in [-0.4, -0.2) is 25.0 Å². The van der Waals surface area contributed by atoms with Gasteiger partial charge in [0.2, 0.25) is 0 Å². The van der Waals surface area contributed by atoms with E-state index in [1.54, 1.807) is 39.0 Å². The first-order valence-electron chi connectivity index (χ1n) is 10.3. The van der Waals surface area contributed by atoms with Gasteiger partial charge in [0, 0.05) is 17.0 Å². The molecule has 0 unspecified atom stereocenters. The SMILES string of the molecule is CC(C)(C)OC(=O)c1ccccc1NS(=O)(=O)c1ccc2c(Cl)cnc(Cl)c2c1.[CH2-]CCC.[Li+]. The predicted molar refractivity (Wildman–Crippen MR) is 134 cm³/mol. The largest absolute Gasteiger partial charge is 1.00 e. The zero-order chi connectivity index (χ0) is 24.8. The van der Waals surface area contributed by atoms with E-state index in [2.05, 4.69) is 23.6 Å². The second-order valence-corrected chi connectivity index (χ2v) is 10.6. The van der Waals surface area contributed by atoms with Crippen LogP contribution < -0.4 is 23.6 Å². The van der Waals surface area contributed by atoms with E-state index < -0.39 is 21.6 Å². The molecule has 2 aromatic carbocycles. The molecular formula is C24H27Cl2LiN2O4S. The summed E-state index contributed by atoms with van der Waals surface area (Å²) in [5.41, 5.74) is -0.503. The van der Waals surface area contributed by atoms with Crippen LogP contribution in [0.4, 0.5) is 5.69 Å². The zero-order valence-corrected chi connectivity index (χ0v) is 22.3. The maximum Gasteiger partial charge on any atom is 1.00 e. The summed E-state index contributed by atoms with van der Waals surface area (Å²) in [4.78, 5) is 16.4. The molecule has 0 fully saturated rings. The predicted octanol–water partition coefficient (Wildman–Crippen LogP) is 3.92. The van der Waals surface area contributed by atoms with Gasteiger partial charge in [-0.15, -0.1) is 0 Å². The quantitative estimate of drug-likeness (QED) is 0.240. The molecule has 0 spiro atoms. The molecule has 178 valence electrons. The molecule has 0 saturated heterocycles. The number of ether oxygens (including phenoxy) is 1. The maximum atomic E-state index is 12.9. The molecule has 6 nitrogen and oxygen atoms in total. The molecule has 10 heteroatoms. The number of nitrogens with zero attached hydrogens (tertiary/aromatic N) is 1. The summed E-state index contributed by atoms with van der Waals surface area (Å²) in [6.45, 7) is 10.9. The number of pyridine rings is 1. The number of nitrogens with one attached hydrogen (secondary N) is 1. The number of esters is 1. The monoisotopic (exact) mass is 516 g/mol. The number of anilines is 1. The van der Waals surface area contributed by atoms with Gasteiger partial charge in [0.25, 0.3) is 10.0 Å². The molecule has 1 heterocycles. The summed E-state index contributed by atoms with van der Waals surface area (Å²) < 4.78 is 33.7. The van der Waals surface area contributed by atoms with Gasteiger partial charge in [0.15, 0.2) is 0 Å². The van der Waals surface area contributed by atoms with E-state index in [0.717, 1.165) is 6.42 Å². The normalized spacial score (nSPS) is 11.1. The number of hydrogen-bond acceptors (Lipinski definition) is 5. The van der Waals surface area contributed by atoms with E-state index in [0.29, 0.717) is 15.8 Å². The minimum absolute atomic E-state index is 0. The molecule has 1 aromatic heterocycles. The number of aromatic nitrogens is 1. The van der Waals surface area contributed by atoms with Gasteiger partial charge in [-0.05, 0) is 45.0 Å². The van der Waals surface area contributed by atoms with Crippen molar-refractivity contribution < 1.29 is 36.8 Å². The molecule has 0 bridgehead atoms. The number of benzene rings is 2. The van der Waals surface area contributed by atoms with Gasteiger partial charge >= 0.3 is 24.8 Å². The Kier molecular flexibility index (Phi) is 11.4. The van der Waals surface area contributed by atoms with Crippen molar-refractivity contribution in [3.05, 3.63) is 71.3 Å². The van der Waals surface area contributed by atoms with Crippen LogP contribution in [0, 0.1) is 6.92 Å². The van der Waals surface area contributed by atoms with Crippen LogP contribution in [0.25, 0.3) is 10.8 Å². The minimum Gasteiger partial charge on any atom is -0.456 e. The van der Waals surface area contributed by atoms with Crippen molar-refractivity contribution >= 4 is 55.7 Å². The first-order chi connectivity index (χ1) is 15.4. The second-order valence-electron chi connectivity index (χ2n) is 8.11. The molecule has 1 N–H and O–H groups in total. The van der Waals surface area contributed by atoms with Gasteiger partial charge in [-0.2, -0.15) is 6.42 Å². The van der Waals surface area contributed by atoms with Crippen LogP contribution in [0.15, 0.2) is 53.6 Å². The minimum atomic E-state index is -4.02. The first-order valence-corrected chi connectivity index (χ1v) is 12.5. The van der Waals surface area contributed by atoms with Crippen molar-refractivity contribution in [1.29, 1.82) is 0 Å². The number of unbranched alkanes of at least 4 members (excludes halogenated alkanes) is 1. The number of rotatable bonds is 5. The van der Waals surface area contributed by atoms with Crippen LogP contribution in [0.5, 0.6) is 0 Å². The number of para-hydroxylation sites is 1. The number of carbonyl (C=O) groups excluding carboxylic acids is 1. The molecule has 0 radical (unpaired) electrons. The smallest absolute Gasteiger partial charge is 0.456 e. The van der Waals surface area contributed by atoms with Crippen LogP contribution in [0.1, 0.15) is 50.9 Å². The van der Waals surface area contributed by atoms with Crippen LogP contribution in [0.3, 0.4) is 0 Å². The van der Waals surface area contributed by atoms with Crippen LogP contribution >= 0.6 is 23.2 Å². The molecule has 3 rings (SSSR count). The number of sulfonamides is 1. The summed E-state index contributed by atoms with van der Waals surface area (Å²) in [5, 5.41) is 1.48. The summed E-state index contributed by atoms with van der Waals surface area (Å²) in [7, 11) is -4.02. The van der Waals surface area contributed by atoms with Crippen LogP contribution in [0.2, 0.25) is 10.2 Å². The fourth-order valence-corrected chi connectivity index (χ4v) is 4.13. The van der Waals surface area contributed by atoms with Crippen molar-refractivity contribution in [3.63, 3.8) is 0 Å². The van der Waals surface area contributed by atoms with Gasteiger partial charge in [-0.1, -0.05) is 54.7 Å². The Labute approximate surface area is 223 Å². The third-order valence-corrected chi connectivity index (χ3v) is 6.18. The standard InChI is InChI=1S/C20H18Cl2N2O4S.C4H9.Li/c1-20(2,3)28-19(25)14-6-4-5-7-17(14)24-29(26,27)12-8-9-13-15(10-12)18(22)23-11-16(13)21;1-3-4-2;/h4-11,24H,1-3H3;1,3-4H2,2H3;/q;-1;+1. The third-order valence-electron chi connectivity index (χ3n) is 4.22. The maximum absolute atomic E-state index is 12.9. The molecule has 0 aliphatic heterocycles. The molecule has 0 aliphatic rings. The summed E-state index contributed by atoms with van der Waals surface area (Å²) in [6.07, 6.45) is 3.68. The Morgan fingerprint density at radius 2 is 1.74 bits per heavy atom. The molecule has 0 saturated carbocycles. The fourth-order valence-electron chi connectivity index (χ4n) is 2.61. The Morgan fingerprint density at radius 3 is 2.32 bits per heavy atom. The van der Waals surface area contributed by atoms with Gasteiger partial charge in [0.1, 0.15) is 10.8 Å². The molecule has 0 amide bonds. The van der Waals surface area contributed by atoms with Gasteiger partial charge in [0.05, 0.1) is 21.2 Å². The van der Waals surface area contributed by atoms with Crippen molar-refractivity contribution in [3.8, 4) is 0 Å². The van der Waals surface area contributed by atoms with E-state index in [1.165, 1.54) is 36.9 Å². The fraction of sp³-hybridized carbons (Fsp3) is 0.292. The van der Waals surface area contributed by atoms with Crippen molar-refractivity contribution in [2.75, 3.05) is 4.72 Å². The Morgan fingerprint density at radius 1 is 1.12 bits per heavy atom. The van der Waals surface area contributed by atoms with Crippen molar-refractivity contribution in [1.82, 2.24) is 4.98 Å². The van der Waals surface area contributed by atoms with Crippen LogP contribution in [-0.2, 0) is 14.8 Å². The number of carbonyl (C=O) groups is 1. The average Bonchev–Trinajstić information content (AvgIpc) is 2.75. The topological polar surface area (TPSA) is 85.4 Å².